The zero-order valence-corrected chi connectivity index (χ0v) is 19.7. The zero-order chi connectivity index (χ0) is 25.7. The van der Waals surface area contributed by atoms with Crippen LogP contribution in [0.5, 0.6) is 5.75 Å². The number of rotatable bonds is 1. The van der Waals surface area contributed by atoms with E-state index in [1.807, 2.05) is 4.72 Å². The SMILES string of the molecule is COc1c(Br)cc2cc1S(=O)(=O)Nc1cc(c(F)cc1F)-c1cnc(C(F)(F)F)cc1COC2=O. The van der Waals surface area contributed by atoms with E-state index in [4.69, 9.17) is 9.47 Å². The molecule has 3 aromatic rings. The van der Waals surface area contributed by atoms with Crippen molar-refractivity contribution in [3.63, 3.8) is 0 Å². The van der Waals surface area contributed by atoms with Crippen molar-refractivity contribution in [2.75, 3.05) is 11.8 Å². The van der Waals surface area contributed by atoms with Crippen molar-refractivity contribution < 1.29 is 44.6 Å². The number of halogens is 6. The van der Waals surface area contributed by atoms with Gasteiger partial charge in [0.05, 0.1) is 22.8 Å². The number of benzene rings is 2. The number of carbonyl (C=O) groups excluding carboxylic acids is 1. The Kier molecular flexibility index (Phi) is 6.21. The van der Waals surface area contributed by atoms with Crippen molar-refractivity contribution >= 4 is 37.6 Å². The second kappa shape index (κ2) is 8.75. The molecule has 0 atom stereocenters. The van der Waals surface area contributed by atoms with Crippen LogP contribution in [0, 0.1) is 11.6 Å². The van der Waals surface area contributed by atoms with E-state index in [0.717, 1.165) is 19.2 Å². The molecule has 2 heterocycles. The molecule has 4 rings (SSSR count). The van der Waals surface area contributed by atoms with Gasteiger partial charge in [0.1, 0.15) is 28.8 Å². The van der Waals surface area contributed by atoms with E-state index in [0.29, 0.717) is 18.3 Å². The van der Waals surface area contributed by atoms with Gasteiger partial charge in [0.15, 0.2) is 5.75 Å². The minimum atomic E-state index is -4.86. The number of esters is 1. The highest BCUT2D eigenvalue weighted by molar-refractivity contribution is 9.10. The molecule has 2 aromatic carbocycles. The van der Waals surface area contributed by atoms with Gasteiger partial charge in [-0.3, -0.25) is 9.71 Å². The monoisotopic (exact) mass is 578 g/mol. The maximum absolute atomic E-state index is 14.7. The summed E-state index contributed by atoms with van der Waals surface area (Å²) in [4.78, 5) is 15.4. The summed E-state index contributed by atoms with van der Waals surface area (Å²) in [5.74, 6) is -3.84. The lowest BCUT2D eigenvalue weighted by atomic mass is 10.00. The van der Waals surface area contributed by atoms with Gasteiger partial charge in [-0.1, -0.05) is 0 Å². The molecule has 4 bridgehead atoms. The van der Waals surface area contributed by atoms with E-state index in [9.17, 15) is 35.2 Å². The van der Waals surface area contributed by atoms with Crippen molar-refractivity contribution in [2.45, 2.75) is 17.7 Å². The molecule has 35 heavy (non-hydrogen) atoms. The van der Waals surface area contributed by atoms with Gasteiger partial charge in [0.2, 0.25) is 0 Å². The molecule has 0 unspecified atom stereocenters. The number of hydrogen-bond donors (Lipinski definition) is 1. The number of ether oxygens (including phenoxy) is 2. The fraction of sp³-hybridized carbons (Fsp3) is 0.143. The van der Waals surface area contributed by atoms with Gasteiger partial charge >= 0.3 is 12.1 Å². The Labute approximate surface area is 203 Å². The number of sulfonamides is 1. The topological polar surface area (TPSA) is 94.6 Å². The summed E-state index contributed by atoms with van der Waals surface area (Å²) in [6.07, 6.45) is -4.18. The van der Waals surface area contributed by atoms with E-state index < -0.39 is 62.3 Å². The normalized spacial score (nSPS) is 15.0. The number of cyclic esters (lactones) is 1. The van der Waals surface area contributed by atoms with Crippen molar-refractivity contribution in [1.82, 2.24) is 4.98 Å². The average Bonchev–Trinajstić information content (AvgIpc) is 2.77. The molecule has 14 heteroatoms. The largest absolute Gasteiger partial charge is 0.494 e. The molecule has 0 amide bonds. The van der Waals surface area contributed by atoms with Gasteiger partial charge in [-0.25, -0.2) is 22.0 Å². The average molecular weight is 579 g/mol. The van der Waals surface area contributed by atoms with Crippen LogP contribution in [0.25, 0.3) is 11.1 Å². The molecular formula is C21H12BrF5N2O5S. The molecule has 0 aliphatic carbocycles. The third kappa shape index (κ3) is 4.67. The first kappa shape index (κ1) is 24.9. The number of pyridine rings is 1. The number of methoxy groups -OCH3 is 1. The Balaban J connectivity index is 2.02. The van der Waals surface area contributed by atoms with Crippen molar-refractivity contribution in [3.05, 3.63) is 69.5 Å². The van der Waals surface area contributed by atoms with Gasteiger partial charge in [-0.2, -0.15) is 13.2 Å². The summed E-state index contributed by atoms with van der Waals surface area (Å²) in [5.41, 5.74) is -3.39. The molecule has 1 aliphatic rings. The predicted octanol–water partition coefficient (Wildman–Crippen LogP) is 5.29. The second-order valence-corrected chi connectivity index (χ2v) is 9.71. The van der Waals surface area contributed by atoms with Crippen molar-refractivity contribution in [2.24, 2.45) is 0 Å². The summed E-state index contributed by atoms with van der Waals surface area (Å²) < 4.78 is 107. The lowest BCUT2D eigenvalue weighted by molar-refractivity contribution is -0.141. The van der Waals surface area contributed by atoms with Crippen molar-refractivity contribution in [1.29, 1.82) is 0 Å². The molecule has 7 nitrogen and oxygen atoms in total. The van der Waals surface area contributed by atoms with Crippen LogP contribution in [0.1, 0.15) is 21.6 Å². The van der Waals surface area contributed by atoms with Crippen LogP contribution in [0.2, 0.25) is 0 Å². The van der Waals surface area contributed by atoms with Crippen LogP contribution < -0.4 is 9.46 Å². The fourth-order valence-corrected chi connectivity index (χ4v) is 5.39. The first-order valence-electron chi connectivity index (χ1n) is 9.45. The maximum atomic E-state index is 14.7. The fourth-order valence-electron chi connectivity index (χ4n) is 3.36. The molecular weight excluding hydrogens is 567 g/mol. The Morgan fingerprint density at radius 2 is 1.80 bits per heavy atom. The number of carbonyl (C=O) groups is 1. The van der Waals surface area contributed by atoms with Gasteiger partial charge in [-0.05, 0) is 40.2 Å². The van der Waals surface area contributed by atoms with Crippen LogP contribution >= 0.6 is 15.9 Å². The first-order valence-corrected chi connectivity index (χ1v) is 11.7. The number of alkyl halides is 3. The van der Waals surface area contributed by atoms with E-state index in [2.05, 4.69) is 20.9 Å². The number of fused-ring (bicyclic) bond motifs is 6. The number of hydrogen-bond acceptors (Lipinski definition) is 6. The summed E-state index contributed by atoms with van der Waals surface area (Å²) in [7, 11) is -3.47. The first-order chi connectivity index (χ1) is 16.3. The highest BCUT2D eigenvalue weighted by atomic mass is 79.9. The summed E-state index contributed by atoms with van der Waals surface area (Å²) in [6, 6.07) is 3.76. The predicted molar refractivity (Wildman–Crippen MR) is 115 cm³/mol. The Bertz CT molecular complexity index is 1480. The van der Waals surface area contributed by atoms with Crippen LogP contribution in [-0.2, 0) is 27.5 Å². The number of aromatic nitrogens is 1. The maximum Gasteiger partial charge on any atom is 0.433 e. The third-order valence-electron chi connectivity index (χ3n) is 4.97. The molecule has 0 saturated heterocycles. The highest BCUT2D eigenvalue weighted by Gasteiger charge is 2.34. The standard InChI is InChI=1S/C21H12BrF5N2O5S/c1-33-19-13(22)2-9-3-17(19)35(31,32)29-16-5-11(14(23)6-15(16)24)12-7-28-18(21(25,26)27)4-10(12)8-34-20(9)30/h2-7,29H,8H2,1H3. The molecule has 1 aromatic heterocycles. The van der Waals surface area contributed by atoms with E-state index >= 15 is 0 Å². The zero-order valence-electron chi connectivity index (χ0n) is 17.3. The number of anilines is 1. The van der Waals surface area contributed by atoms with Gasteiger partial charge < -0.3 is 9.47 Å². The van der Waals surface area contributed by atoms with Crippen LogP contribution in [-0.4, -0.2) is 26.5 Å². The van der Waals surface area contributed by atoms with Crippen molar-refractivity contribution in [3.8, 4) is 16.9 Å². The summed E-state index contributed by atoms with van der Waals surface area (Å²) in [5, 5.41) is 0. The van der Waals surface area contributed by atoms with Crippen LogP contribution in [0.15, 0.2) is 45.9 Å². The third-order valence-corrected chi connectivity index (χ3v) is 6.93. The Hall–Kier alpha value is -3.26. The number of nitrogens with zero attached hydrogens (tertiary/aromatic N) is 1. The Morgan fingerprint density at radius 1 is 1.09 bits per heavy atom. The smallest absolute Gasteiger partial charge is 0.433 e. The molecule has 0 radical (unpaired) electrons. The van der Waals surface area contributed by atoms with E-state index in [1.165, 1.54) is 6.07 Å². The minimum absolute atomic E-state index is 0.0221. The molecule has 1 aliphatic heterocycles. The van der Waals surface area contributed by atoms with Gasteiger partial charge in [0.25, 0.3) is 10.0 Å². The summed E-state index contributed by atoms with van der Waals surface area (Å²) >= 11 is 3.08. The van der Waals surface area contributed by atoms with Crippen LogP contribution in [0.3, 0.4) is 0 Å². The van der Waals surface area contributed by atoms with Gasteiger partial charge in [-0.15, -0.1) is 0 Å². The quantitative estimate of drug-likeness (QED) is 0.311. The highest BCUT2D eigenvalue weighted by Crippen LogP contribution is 2.38. The lowest BCUT2D eigenvalue weighted by Crippen LogP contribution is -2.16. The molecule has 184 valence electrons. The molecule has 1 N–H and O–H groups in total. The second-order valence-electron chi connectivity index (χ2n) is 7.21. The molecule has 0 spiro atoms. The molecule has 0 saturated carbocycles. The molecule has 0 fully saturated rings. The number of nitrogens with one attached hydrogen (secondary N) is 1. The minimum Gasteiger partial charge on any atom is -0.494 e. The van der Waals surface area contributed by atoms with Gasteiger partial charge in [0, 0.05) is 29.0 Å². The lowest BCUT2D eigenvalue weighted by Gasteiger charge is -2.15. The van der Waals surface area contributed by atoms with E-state index in [-0.39, 0.29) is 26.9 Å². The van der Waals surface area contributed by atoms with E-state index in [1.54, 1.807) is 0 Å². The summed E-state index contributed by atoms with van der Waals surface area (Å²) in [6.45, 7) is -0.759. The Morgan fingerprint density at radius 3 is 2.46 bits per heavy atom. The van der Waals surface area contributed by atoms with Crippen LogP contribution in [0.4, 0.5) is 27.6 Å².